The second kappa shape index (κ2) is 6.49. The summed E-state index contributed by atoms with van der Waals surface area (Å²) in [6, 6.07) is 5.37. The maximum absolute atomic E-state index is 12.7. The summed E-state index contributed by atoms with van der Waals surface area (Å²) < 4.78 is 5.04. The van der Waals surface area contributed by atoms with Gasteiger partial charge in [0.25, 0.3) is 5.91 Å². The van der Waals surface area contributed by atoms with E-state index < -0.39 is 0 Å². The third kappa shape index (κ3) is 2.95. The van der Waals surface area contributed by atoms with Crippen LogP contribution in [0.15, 0.2) is 18.2 Å². The van der Waals surface area contributed by atoms with Crippen molar-refractivity contribution in [3.05, 3.63) is 34.3 Å². The van der Waals surface area contributed by atoms with Crippen LogP contribution in [0.3, 0.4) is 0 Å². The number of likely N-dealkylation sites (tertiary alicyclic amines) is 2. The van der Waals surface area contributed by atoms with Crippen molar-refractivity contribution < 1.29 is 14.3 Å². The van der Waals surface area contributed by atoms with E-state index in [-0.39, 0.29) is 23.7 Å². The summed E-state index contributed by atoms with van der Waals surface area (Å²) >= 11 is 6.11. The highest BCUT2D eigenvalue weighted by Gasteiger charge is 2.47. The molecule has 2 saturated heterocycles. The van der Waals surface area contributed by atoms with E-state index in [1.807, 2.05) is 11.8 Å². The number of benzene rings is 1. The molecule has 0 aliphatic carbocycles. The molecule has 0 bridgehead atoms. The van der Waals surface area contributed by atoms with Crippen molar-refractivity contribution >= 4 is 23.4 Å². The molecule has 2 fully saturated rings. The standard InChI is InChI=1S/C17H21ClN2O3/c1-11-13(4-3-5-15(11)18)16(21)20-9-12-8-19(6-7-23-2)17(22)14(12)10-20/h3-5,12,14H,6-10H2,1-2H3/t12-,14+/m1/s1. The van der Waals surface area contributed by atoms with Gasteiger partial charge in [0.15, 0.2) is 0 Å². The molecule has 23 heavy (non-hydrogen) atoms. The van der Waals surface area contributed by atoms with Gasteiger partial charge < -0.3 is 14.5 Å². The predicted octanol–water partition coefficient (Wildman–Crippen LogP) is 1.83. The molecule has 3 rings (SSSR count). The highest BCUT2D eigenvalue weighted by atomic mass is 35.5. The summed E-state index contributed by atoms with van der Waals surface area (Å²) in [6.45, 7) is 4.87. The average Bonchev–Trinajstić information content (AvgIpc) is 3.07. The van der Waals surface area contributed by atoms with Gasteiger partial charge in [0.1, 0.15) is 0 Å². The molecule has 0 unspecified atom stereocenters. The van der Waals surface area contributed by atoms with E-state index >= 15 is 0 Å². The van der Waals surface area contributed by atoms with E-state index in [0.717, 1.165) is 5.56 Å². The lowest BCUT2D eigenvalue weighted by Crippen LogP contribution is -2.37. The first-order valence-electron chi connectivity index (χ1n) is 7.85. The number of ether oxygens (including phenoxy) is 1. The first-order valence-corrected chi connectivity index (χ1v) is 8.23. The smallest absolute Gasteiger partial charge is 0.254 e. The van der Waals surface area contributed by atoms with Gasteiger partial charge in [-0.05, 0) is 24.6 Å². The minimum atomic E-state index is -0.0738. The van der Waals surface area contributed by atoms with Crippen molar-refractivity contribution in [3.8, 4) is 0 Å². The molecule has 0 saturated carbocycles. The second-order valence-electron chi connectivity index (χ2n) is 6.27. The van der Waals surface area contributed by atoms with E-state index in [0.29, 0.717) is 43.4 Å². The number of rotatable bonds is 4. The van der Waals surface area contributed by atoms with Gasteiger partial charge in [-0.2, -0.15) is 0 Å². The summed E-state index contributed by atoms with van der Waals surface area (Å²) in [4.78, 5) is 28.8. The molecule has 0 N–H and O–H groups in total. The van der Waals surface area contributed by atoms with Gasteiger partial charge in [-0.25, -0.2) is 0 Å². The van der Waals surface area contributed by atoms with Crippen LogP contribution in [0.1, 0.15) is 15.9 Å². The van der Waals surface area contributed by atoms with Gasteiger partial charge in [0, 0.05) is 49.8 Å². The van der Waals surface area contributed by atoms with Crippen LogP contribution in [0.4, 0.5) is 0 Å². The first kappa shape index (κ1) is 16.3. The summed E-state index contributed by atoms with van der Waals surface area (Å²) in [5.74, 6) is 0.263. The summed E-state index contributed by atoms with van der Waals surface area (Å²) in [6.07, 6.45) is 0. The zero-order valence-electron chi connectivity index (χ0n) is 13.4. The molecule has 0 radical (unpaired) electrons. The lowest BCUT2D eigenvalue weighted by molar-refractivity contribution is -0.131. The Labute approximate surface area is 141 Å². The molecule has 2 aliphatic rings. The minimum absolute atomic E-state index is 0.0318. The molecular weight excluding hydrogens is 316 g/mol. The first-order chi connectivity index (χ1) is 11.0. The molecule has 1 aromatic rings. The number of amides is 2. The fourth-order valence-electron chi connectivity index (χ4n) is 3.52. The van der Waals surface area contributed by atoms with Crippen LogP contribution < -0.4 is 0 Å². The highest BCUT2D eigenvalue weighted by molar-refractivity contribution is 6.31. The molecule has 1 aromatic carbocycles. The van der Waals surface area contributed by atoms with Crippen molar-refractivity contribution in [2.45, 2.75) is 6.92 Å². The Morgan fingerprint density at radius 3 is 2.83 bits per heavy atom. The minimum Gasteiger partial charge on any atom is -0.383 e. The second-order valence-corrected chi connectivity index (χ2v) is 6.67. The highest BCUT2D eigenvalue weighted by Crippen LogP contribution is 2.33. The predicted molar refractivity (Wildman–Crippen MR) is 87.5 cm³/mol. The van der Waals surface area contributed by atoms with E-state index in [9.17, 15) is 9.59 Å². The molecule has 2 heterocycles. The Kier molecular flexibility index (Phi) is 4.60. The van der Waals surface area contributed by atoms with Gasteiger partial charge >= 0.3 is 0 Å². The van der Waals surface area contributed by atoms with Crippen LogP contribution in [0.2, 0.25) is 5.02 Å². The normalized spacial score (nSPS) is 23.5. The van der Waals surface area contributed by atoms with Crippen LogP contribution in [0.25, 0.3) is 0 Å². The number of hydrogen-bond donors (Lipinski definition) is 0. The Morgan fingerprint density at radius 2 is 2.13 bits per heavy atom. The lowest BCUT2D eigenvalue weighted by atomic mass is 10.0. The molecule has 2 aliphatic heterocycles. The number of halogens is 1. The lowest BCUT2D eigenvalue weighted by Gasteiger charge is -2.22. The van der Waals surface area contributed by atoms with Gasteiger partial charge in [0.2, 0.25) is 5.91 Å². The number of carbonyl (C=O) groups excluding carboxylic acids is 2. The van der Waals surface area contributed by atoms with Gasteiger partial charge in [-0.1, -0.05) is 17.7 Å². The average molecular weight is 337 g/mol. The number of hydrogen-bond acceptors (Lipinski definition) is 3. The zero-order chi connectivity index (χ0) is 16.6. The summed E-state index contributed by atoms with van der Waals surface area (Å²) in [5.41, 5.74) is 1.42. The van der Waals surface area contributed by atoms with Crippen molar-refractivity contribution in [1.29, 1.82) is 0 Å². The fourth-order valence-corrected chi connectivity index (χ4v) is 3.70. The van der Waals surface area contributed by atoms with Crippen LogP contribution >= 0.6 is 11.6 Å². The van der Waals surface area contributed by atoms with Crippen LogP contribution in [0.5, 0.6) is 0 Å². The van der Waals surface area contributed by atoms with Crippen molar-refractivity contribution in [2.75, 3.05) is 39.9 Å². The zero-order valence-corrected chi connectivity index (χ0v) is 14.2. The third-order valence-electron chi connectivity index (χ3n) is 4.88. The number of fused-ring (bicyclic) bond motifs is 1. The molecule has 124 valence electrons. The Bertz CT molecular complexity index is 634. The Balaban J connectivity index is 1.69. The number of nitrogens with zero attached hydrogens (tertiary/aromatic N) is 2. The molecule has 2 amide bonds. The maximum atomic E-state index is 12.7. The van der Waals surface area contributed by atoms with Crippen LogP contribution in [0, 0.1) is 18.8 Å². The molecule has 0 spiro atoms. The van der Waals surface area contributed by atoms with E-state index in [1.165, 1.54) is 0 Å². The quantitative estimate of drug-likeness (QED) is 0.842. The Hall–Kier alpha value is -1.59. The summed E-state index contributed by atoms with van der Waals surface area (Å²) in [5, 5.41) is 0.594. The molecule has 5 nitrogen and oxygen atoms in total. The monoisotopic (exact) mass is 336 g/mol. The van der Waals surface area contributed by atoms with Crippen molar-refractivity contribution in [1.82, 2.24) is 9.80 Å². The third-order valence-corrected chi connectivity index (χ3v) is 5.28. The van der Waals surface area contributed by atoms with E-state index in [4.69, 9.17) is 16.3 Å². The molecule has 2 atom stereocenters. The van der Waals surface area contributed by atoms with Crippen molar-refractivity contribution in [3.63, 3.8) is 0 Å². The van der Waals surface area contributed by atoms with Gasteiger partial charge in [-0.15, -0.1) is 0 Å². The fraction of sp³-hybridized carbons (Fsp3) is 0.529. The van der Waals surface area contributed by atoms with Gasteiger partial charge in [-0.3, -0.25) is 9.59 Å². The SMILES string of the molecule is COCCN1C[C@@H]2CN(C(=O)c3cccc(Cl)c3C)C[C@@H]2C1=O. The number of carbonyl (C=O) groups is 2. The number of methoxy groups -OCH3 is 1. The largest absolute Gasteiger partial charge is 0.383 e. The molecule has 6 heteroatoms. The van der Waals surface area contributed by atoms with E-state index in [2.05, 4.69) is 0 Å². The molecule has 0 aromatic heterocycles. The Morgan fingerprint density at radius 1 is 1.35 bits per heavy atom. The topological polar surface area (TPSA) is 49.9 Å². The van der Waals surface area contributed by atoms with Crippen LogP contribution in [-0.2, 0) is 9.53 Å². The van der Waals surface area contributed by atoms with Crippen molar-refractivity contribution in [2.24, 2.45) is 11.8 Å². The van der Waals surface area contributed by atoms with Gasteiger partial charge in [0.05, 0.1) is 12.5 Å². The molecular formula is C17H21ClN2O3. The van der Waals surface area contributed by atoms with Crippen LogP contribution in [-0.4, -0.2) is 61.5 Å². The summed E-state index contributed by atoms with van der Waals surface area (Å²) in [7, 11) is 1.63. The maximum Gasteiger partial charge on any atom is 0.254 e. The van der Waals surface area contributed by atoms with E-state index in [1.54, 1.807) is 30.2 Å².